The smallest absolute Gasteiger partial charge is 0.274 e. The number of nitrogens with one attached hydrogen (secondary N) is 2. The van der Waals surface area contributed by atoms with Gasteiger partial charge in [0.1, 0.15) is 5.69 Å². The van der Waals surface area contributed by atoms with E-state index >= 15 is 0 Å². The highest BCUT2D eigenvalue weighted by Crippen LogP contribution is 2.30. The minimum absolute atomic E-state index is 0.544. The summed E-state index contributed by atoms with van der Waals surface area (Å²) < 4.78 is 0. The van der Waals surface area contributed by atoms with Crippen molar-refractivity contribution in [2.24, 2.45) is 5.84 Å². The molecule has 0 fully saturated rings. The van der Waals surface area contributed by atoms with Crippen molar-refractivity contribution < 1.29 is 9.73 Å². The molecule has 67 valence electrons. The molecule has 1 aromatic carbocycles. The van der Waals surface area contributed by atoms with Gasteiger partial charge < -0.3 is 0 Å². The summed E-state index contributed by atoms with van der Waals surface area (Å²) in [5.41, 5.74) is 5.77. The van der Waals surface area contributed by atoms with Gasteiger partial charge in [-0.1, -0.05) is 6.07 Å². The van der Waals surface area contributed by atoms with Crippen LogP contribution in [0.4, 0.5) is 16.2 Å². The molecule has 1 aromatic rings. The van der Waals surface area contributed by atoms with Crippen LogP contribution < -0.4 is 21.8 Å². The first-order chi connectivity index (χ1) is 6.33. The summed E-state index contributed by atoms with van der Waals surface area (Å²) in [4.78, 5) is 15.9. The number of benzene rings is 1. The van der Waals surface area contributed by atoms with Gasteiger partial charge in [-0.2, -0.15) is 0 Å². The Kier molecular flexibility index (Phi) is 1.76. The highest BCUT2D eigenvalue weighted by atomic mass is 16.8. The monoisotopic (exact) mass is 179 g/mol. The summed E-state index contributed by atoms with van der Waals surface area (Å²) >= 11 is 0. The number of nitrogens with zero attached hydrogens (tertiary/aromatic N) is 1. The molecule has 1 aliphatic heterocycles. The maximum absolute atomic E-state index is 11.1. The van der Waals surface area contributed by atoms with Crippen molar-refractivity contribution in [2.45, 2.75) is 0 Å². The van der Waals surface area contributed by atoms with E-state index < -0.39 is 6.03 Å². The van der Waals surface area contributed by atoms with Crippen LogP contribution in [-0.2, 0) is 4.94 Å². The lowest BCUT2D eigenvalue weighted by molar-refractivity contribution is 0.172. The number of rotatable bonds is 0. The Hall–Kier alpha value is -1.79. The number of hydrogen-bond donors (Lipinski definition) is 3. The van der Waals surface area contributed by atoms with Gasteiger partial charge in [-0.3, -0.25) is 5.43 Å². The molecule has 13 heavy (non-hydrogen) atoms. The average molecular weight is 179 g/mol. The Bertz CT molecular complexity index is 341. The third kappa shape index (κ3) is 1.17. The van der Waals surface area contributed by atoms with Crippen LogP contribution in [0.1, 0.15) is 0 Å². The Balaban J connectivity index is 2.33. The van der Waals surface area contributed by atoms with Gasteiger partial charge in [0.2, 0.25) is 0 Å². The molecule has 1 radical (unpaired) electrons. The summed E-state index contributed by atoms with van der Waals surface area (Å²) in [6, 6.07) is 7.32. The van der Waals surface area contributed by atoms with Crippen molar-refractivity contribution in [3.05, 3.63) is 24.3 Å². The van der Waals surface area contributed by atoms with E-state index in [0.29, 0.717) is 11.4 Å². The molecule has 0 saturated heterocycles. The fraction of sp³-hybridized carbons (Fsp3) is 0. The third-order valence-corrected chi connectivity index (χ3v) is 1.61. The lowest BCUT2D eigenvalue weighted by Crippen LogP contribution is -2.42. The molecule has 0 atom stereocenters. The zero-order valence-corrected chi connectivity index (χ0v) is 6.57. The average Bonchev–Trinajstić information content (AvgIpc) is 2.60. The topological polar surface area (TPSA) is 79.6 Å². The number of amides is 2. The van der Waals surface area contributed by atoms with E-state index in [9.17, 15) is 4.79 Å². The molecular formula is C7H7N4O2. The van der Waals surface area contributed by atoms with Crippen molar-refractivity contribution in [1.82, 2.24) is 5.43 Å². The normalized spacial score (nSPS) is 13.5. The largest absolute Gasteiger partial charge is 0.362 e. The second-order valence-electron chi connectivity index (χ2n) is 2.38. The molecule has 0 aliphatic carbocycles. The van der Waals surface area contributed by atoms with E-state index in [1.807, 2.05) is 5.43 Å². The lowest BCUT2D eigenvalue weighted by Gasteiger charge is -2.11. The van der Waals surface area contributed by atoms with Crippen LogP contribution in [0.5, 0.6) is 0 Å². The Labute approximate surface area is 74.1 Å². The molecule has 1 heterocycles. The van der Waals surface area contributed by atoms with Gasteiger partial charge in [0.15, 0.2) is 0 Å². The standard InChI is InChI=1S/C7H7N4O2/c8-9-7(12)11-6-4-2-1-3-5(6)10-13-11/h2-4,10H,8H2,(H,9,12). The number of fused-ring (bicyclic) bond motifs is 1. The Morgan fingerprint density at radius 3 is 3.38 bits per heavy atom. The van der Waals surface area contributed by atoms with Crippen LogP contribution in [0.15, 0.2) is 18.2 Å². The molecule has 0 bridgehead atoms. The molecule has 0 unspecified atom stereocenters. The van der Waals surface area contributed by atoms with E-state index in [1.54, 1.807) is 18.2 Å². The molecule has 4 N–H and O–H groups in total. The van der Waals surface area contributed by atoms with Gasteiger partial charge in [-0.15, -0.1) is 10.0 Å². The van der Waals surface area contributed by atoms with Crippen LogP contribution >= 0.6 is 0 Å². The van der Waals surface area contributed by atoms with Crippen LogP contribution in [0.3, 0.4) is 0 Å². The first kappa shape index (κ1) is 7.84. The molecule has 0 aromatic heterocycles. The predicted molar refractivity (Wildman–Crippen MR) is 45.2 cm³/mol. The number of carbonyl (C=O) groups excluding carboxylic acids is 1. The third-order valence-electron chi connectivity index (χ3n) is 1.61. The summed E-state index contributed by atoms with van der Waals surface area (Å²) in [6.45, 7) is 0. The molecule has 6 heteroatoms. The minimum atomic E-state index is -0.544. The van der Waals surface area contributed by atoms with Crippen molar-refractivity contribution in [1.29, 1.82) is 0 Å². The summed E-state index contributed by atoms with van der Waals surface area (Å²) in [6.07, 6.45) is 0. The van der Waals surface area contributed by atoms with E-state index in [1.165, 1.54) is 0 Å². The molecule has 0 saturated carbocycles. The second-order valence-corrected chi connectivity index (χ2v) is 2.38. The van der Waals surface area contributed by atoms with Gasteiger partial charge in [-0.25, -0.2) is 16.1 Å². The number of anilines is 2. The fourth-order valence-electron chi connectivity index (χ4n) is 1.03. The number of urea groups is 1. The number of hydrogen-bond acceptors (Lipinski definition) is 4. The zero-order chi connectivity index (χ0) is 9.26. The minimum Gasteiger partial charge on any atom is -0.274 e. The van der Waals surface area contributed by atoms with Crippen molar-refractivity contribution in [3.8, 4) is 0 Å². The molecule has 2 rings (SSSR count). The van der Waals surface area contributed by atoms with Crippen LogP contribution in [0.25, 0.3) is 0 Å². The Morgan fingerprint density at radius 1 is 1.77 bits per heavy atom. The first-order valence-corrected chi connectivity index (χ1v) is 3.56. The number of hydroxylamine groups is 1. The van der Waals surface area contributed by atoms with Crippen molar-refractivity contribution >= 4 is 17.4 Å². The van der Waals surface area contributed by atoms with Gasteiger partial charge in [-0.05, 0) is 18.2 Å². The van der Waals surface area contributed by atoms with Crippen LogP contribution in [-0.4, -0.2) is 6.03 Å². The van der Waals surface area contributed by atoms with Gasteiger partial charge in [0.25, 0.3) is 0 Å². The SMILES string of the molecule is NNC(=O)N1ONc2c[c]ccc21. The van der Waals surface area contributed by atoms with E-state index in [-0.39, 0.29) is 0 Å². The zero-order valence-electron chi connectivity index (χ0n) is 6.57. The second kappa shape index (κ2) is 2.92. The molecule has 1 aliphatic rings. The number of hydrazine groups is 1. The molecule has 2 amide bonds. The highest BCUT2D eigenvalue weighted by Gasteiger charge is 2.25. The van der Waals surface area contributed by atoms with Gasteiger partial charge in [0, 0.05) is 0 Å². The predicted octanol–water partition coefficient (Wildman–Crippen LogP) is 0.149. The summed E-state index contributed by atoms with van der Waals surface area (Å²) in [5.74, 6) is 4.95. The highest BCUT2D eigenvalue weighted by molar-refractivity contribution is 5.94. The van der Waals surface area contributed by atoms with E-state index in [4.69, 9.17) is 10.8 Å². The van der Waals surface area contributed by atoms with Crippen LogP contribution in [0.2, 0.25) is 0 Å². The summed E-state index contributed by atoms with van der Waals surface area (Å²) in [5, 5.41) is 1.02. The number of nitrogens with two attached hydrogens (primary N) is 1. The lowest BCUT2D eigenvalue weighted by atomic mass is 10.3. The fourth-order valence-corrected chi connectivity index (χ4v) is 1.03. The molecule has 6 nitrogen and oxygen atoms in total. The maximum atomic E-state index is 11.1. The van der Waals surface area contributed by atoms with Crippen molar-refractivity contribution in [3.63, 3.8) is 0 Å². The Morgan fingerprint density at radius 2 is 2.62 bits per heavy atom. The van der Waals surface area contributed by atoms with Gasteiger partial charge >= 0.3 is 6.03 Å². The van der Waals surface area contributed by atoms with E-state index in [0.717, 1.165) is 5.06 Å². The van der Waals surface area contributed by atoms with Crippen LogP contribution in [0, 0.1) is 6.07 Å². The van der Waals surface area contributed by atoms with Crippen molar-refractivity contribution in [2.75, 3.05) is 10.5 Å². The summed E-state index contributed by atoms with van der Waals surface area (Å²) in [7, 11) is 0. The first-order valence-electron chi connectivity index (χ1n) is 3.56. The molecule has 0 spiro atoms. The molecular weight excluding hydrogens is 172 g/mol. The van der Waals surface area contributed by atoms with Gasteiger partial charge in [0.05, 0.1) is 5.69 Å². The van der Waals surface area contributed by atoms with E-state index in [2.05, 4.69) is 11.5 Å². The number of carbonyl (C=O) groups is 1. The maximum Gasteiger partial charge on any atom is 0.362 e. The quantitative estimate of drug-likeness (QED) is 0.301.